The number of rotatable bonds is 4. The van der Waals surface area contributed by atoms with Gasteiger partial charge in [0.25, 0.3) is 0 Å². The van der Waals surface area contributed by atoms with E-state index < -0.39 is 0 Å². The Balaban J connectivity index is 2.41. The maximum atomic E-state index is 4.24. The first-order chi connectivity index (χ1) is 5.93. The van der Waals surface area contributed by atoms with E-state index in [4.69, 9.17) is 0 Å². The summed E-state index contributed by atoms with van der Waals surface area (Å²) in [6, 6.07) is 10.1. The van der Waals surface area contributed by atoms with Crippen LogP contribution in [-0.4, -0.2) is 12.8 Å². The number of hydrogen-bond donors (Lipinski definition) is 0. The van der Waals surface area contributed by atoms with E-state index in [1.807, 2.05) is 42.6 Å². The van der Waals surface area contributed by atoms with E-state index in [9.17, 15) is 0 Å². The van der Waals surface area contributed by atoms with Crippen molar-refractivity contribution in [3.8, 4) is 0 Å². The van der Waals surface area contributed by atoms with Gasteiger partial charge in [-0.15, -0.1) is 6.58 Å². The number of nitrogens with zero attached hydrogens (tertiary/aromatic N) is 1. The Morgan fingerprint density at radius 1 is 1.25 bits per heavy atom. The third kappa shape index (κ3) is 3.15. The van der Waals surface area contributed by atoms with E-state index in [0.717, 1.165) is 18.5 Å². The Hall–Kier alpha value is -1.37. The van der Waals surface area contributed by atoms with Crippen LogP contribution in [0, 0.1) is 0 Å². The van der Waals surface area contributed by atoms with Gasteiger partial charge in [-0.1, -0.05) is 36.4 Å². The van der Waals surface area contributed by atoms with E-state index in [-0.39, 0.29) is 0 Å². The highest BCUT2D eigenvalue weighted by atomic mass is 14.7. The van der Waals surface area contributed by atoms with E-state index in [1.165, 1.54) is 0 Å². The van der Waals surface area contributed by atoms with Gasteiger partial charge in [0.1, 0.15) is 0 Å². The standard InChI is InChI=1S/C11H13N/c1-2-3-9-12-10-11-7-5-4-6-8-11/h2,4-8,10H,1,3,9H2/b12-10+. The van der Waals surface area contributed by atoms with Gasteiger partial charge in [0, 0.05) is 12.8 Å². The molecule has 1 rings (SSSR count). The molecule has 0 heterocycles. The highest BCUT2D eigenvalue weighted by molar-refractivity contribution is 5.79. The molecule has 0 atom stereocenters. The molecule has 0 aliphatic carbocycles. The third-order valence-corrected chi connectivity index (χ3v) is 1.50. The summed E-state index contributed by atoms with van der Waals surface area (Å²) in [5.74, 6) is 0. The van der Waals surface area contributed by atoms with Gasteiger partial charge in [-0.3, -0.25) is 4.99 Å². The van der Waals surface area contributed by atoms with Crippen molar-refractivity contribution in [3.05, 3.63) is 48.6 Å². The molecule has 62 valence electrons. The van der Waals surface area contributed by atoms with Crippen LogP contribution in [0.5, 0.6) is 0 Å². The second kappa shape index (κ2) is 5.30. The molecule has 0 bridgehead atoms. The molecule has 0 spiro atoms. The average Bonchev–Trinajstić information content (AvgIpc) is 2.14. The van der Waals surface area contributed by atoms with Crippen LogP contribution in [-0.2, 0) is 0 Å². The lowest BCUT2D eigenvalue weighted by Gasteiger charge is -1.90. The first-order valence-corrected chi connectivity index (χ1v) is 4.09. The SMILES string of the molecule is C=CCC/N=C/c1ccccc1. The molecule has 12 heavy (non-hydrogen) atoms. The zero-order valence-corrected chi connectivity index (χ0v) is 7.11. The quantitative estimate of drug-likeness (QED) is 0.364. The second-order valence-corrected chi connectivity index (χ2v) is 2.52. The first-order valence-electron chi connectivity index (χ1n) is 4.09. The lowest BCUT2D eigenvalue weighted by Crippen LogP contribution is -1.81. The van der Waals surface area contributed by atoms with Crippen LogP contribution in [0.25, 0.3) is 0 Å². The summed E-state index contributed by atoms with van der Waals surface area (Å²) in [6.45, 7) is 4.46. The van der Waals surface area contributed by atoms with Crippen LogP contribution < -0.4 is 0 Å². The van der Waals surface area contributed by atoms with Crippen molar-refractivity contribution in [3.63, 3.8) is 0 Å². The highest BCUT2D eigenvalue weighted by Gasteiger charge is 1.81. The van der Waals surface area contributed by atoms with Crippen LogP contribution in [0.2, 0.25) is 0 Å². The number of benzene rings is 1. The summed E-state index contributed by atoms with van der Waals surface area (Å²) in [6.07, 6.45) is 4.72. The minimum absolute atomic E-state index is 0.832. The van der Waals surface area contributed by atoms with Gasteiger partial charge in [-0.25, -0.2) is 0 Å². The third-order valence-electron chi connectivity index (χ3n) is 1.50. The Labute approximate surface area is 73.5 Å². The topological polar surface area (TPSA) is 12.4 Å². The molecule has 0 aromatic heterocycles. The first kappa shape index (κ1) is 8.72. The Morgan fingerprint density at radius 3 is 2.67 bits per heavy atom. The van der Waals surface area contributed by atoms with Crippen LogP contribution in [0.4, 0.5) is 0 Å². The Kier molecular flexibility index (Phi) is 3.86. The molecular weight excluding hydrogens is 146 g/mol. The Bertz CT molecular complexity index is 249. The summed E-state index contributed by atoms with van der Waals surface area (Å²) in [5, 5.41) is 0. The second-order valence-electron chi connectivity index (χ2n) is 2.52. The summed E-state index contributed by atoms with van der Waals surface area (Å²) < 4.78 is 0. The predicted molar refractivity (Wildman–Crippen MR) is 53.7 cm³/mol. The molecule has 1 aromatic rings. The molecule has 0 N–H and O–H groups in total. The van der Waals surface area contributed by atoms with Crippen molar-refractivity contribution in [1.29, 1.82) is 0 Å². The van der Waals surface area contributed by atoms with Crippen molar-refractivity contribution in [2.45, 2.75) is 6.42 Å². The van der Waals surface area contributed by atoms with Crippen molar-refractivity contribution < 1.29 is 0 Å². The van der Waals surface area contributed by atoms with Gasteiger partial charge < -0.3 is 0 Å². The fraction of sp³-hybridized carbons (Fsp3) is 0.182. The van der Waals surface area contributed by atoms with Gasteiger partial charge in [-0.05, 0) is 12.0 Å². The summed E-state index contributed by atoms with van der Waals surface area (Å²) >= 11 is 0. The van der Waals surface area contributed by atoms with Gasteiger partial charge in [0.2, 0.25) is 0 Å². The van der Waals surface area contributed by atoms with Crippen molar-refractivity contribution in [2.75, 3.05) is 6.54 Å². The van der Waals surface area contributed by atoms with Crippen molar-refractivity contribution in [2.24, 2.45) is 4.99 Å². The largest absolute Gasteiger partial charge is 0.292 e. The molecule has 1 heteroatoms. The number of aliphatic imine (C=N–C) groups is 1. The fourth-order valence-electron chi connectivity index (χ4n) is 0.875. The molecule has 0 unspecified atom stereocenters. The monoisotopic (exact) mass is 159 g/mol. The molecule has 0 radical (unpaired) electrons. The average molecular weight is 159 g/mol. The molecular formula is C11H13N. The van der Waals surface area contributed by atoms with Crippen LogP contribution in [0.15, 0.2) is 48.0 Å². The molecule has 1 nitrogen and oxygen atoms in total. The maximum Gasteiger partial charge on any atom is 0.0423 e. The van der Waals surface area contributed by atoms with Gasteiger partial charge in [-0.2, -0.15) is 0 Å². The molecule has 0 aliphatic rings. The van der Waals surface area contributed by atoms with Gasteiger partial charge in [0.15, 0.2) is 0 Å². The summed E-state index contributed by atoms with van der Waals surface area (Å²) in [4.78, 5) is 4.24. The summed E-state index contributed by atoms with van der Waals surface area (Å²) in [7, 11) is 0. The zero-order valence-electron chi connectivity index (χ0n) is 7.11. The predicted octanol–water partition coefficient (Wildman–Crippen LogP) is 2.68. The zero-order chi connectivity index (χ0) is 8.65. The van der Waals surface area contributed by atoms with E-state index in [0.29, 0.717) is 0 Å². The minimum atomic E-state index is 0.832. The van der Waals surface area contributed by atoms with E-state index in [1.54, 1.807) is 0 Å². The van der Waals surface area contributed by atoms with Crippen molar-refractivity contribution >= 4 is 6.21 Å². The van der Waals surface area contributed by atoms with Gasteiger partial charge in [0.05, 0.1) is 0 Å². The minimum Gasteiger partial charge on any atom is -0.292 e. The normalized spacial score (nSPS) is 10.3. The molecule has 0 amide bonds. The molecule has 0 saturated carbocycles. The number of hydrogen-bond acceptors (Lipinski definition) is 1. The molecule has 0 fully saturated rings. The molecule has 0 saturated heterocycles. The lowest BCUT2D eigenvalue weighted by molar-refractivity contribution is 1.02. The van der Waals surface area contributed by atoms with Gasteiger partial charge >= 0.3 is 0 Å². The molecule has 0 aliphatic heterocycles. The fourth-order valence-corrected chi connectivity index (χ4v) is 0.875. The smallest absolute Gasteiger partial charge is 0.0423 e. The van der Waals surface area contributed by atoms with Crippen LogP contribution >= 0.6 is 0 Å². The molecule has 1 aromatic carbocycles. The lowest BCUT2D eigenvalue weighted by atomic mass is 10.2. The highest BCUT2D eigenvalue weighted by Crippen LogP contribution is 1.94. The van der Waals surface area contributed by atoms with E-state index in [2.05, 4.69) is 11.6 Å². The van der Waals surface area contributed by atoms with Crippen LogP contribution in [0.3, 0.4) is 0 Å². The van der Waals surface area contributed by atoms with Crippen molar-refractivity contribution in [1.82, 2.24) is 0 Å². The maximum absolute atomic E-state index is 4.24. The van der Waals surface area contributed by atoms with Crippen LogP contribution in [0.1, 0.15) is 12.0 Å². The summed E-state index contributed by atoms with van der Waals surface area (Å²) in [5.41, 5.74) is 1.15. The Morgan fingerprint density at radius 2 is 2.00 bits per heavy atom. The van der Waals surface area contributed by atoms with E-state index >= 15 is 0 Å².